The highest BCUT2D eigenvalue weighted by molar-refractivity contribution is 6.44. The summed E-state index contributed by atoms with van der Waals surface area (Å²) in [6, 6.07) is 9.82. The number of Topliss-reactive ketones (excluding diaryl/α,β-unsaturated/α-hetero) is 1. The van der Waals surface area contributed by atoms with E-state index in [9.17, 15) is 4.79 Å². The van der Waals surface area contributed by atoms with Gasteiger partial charge in [-0.05, 0) is 43.2 Å². The molecule has 1 aliphatic carbocycles. The Kier molecular flexibility index (Phi) is 4.91. The highest BCUT2D eigenvalue weighted by Crippen LogP contribution is 2.31. The topological polar surface area (TPSA) is 44.7 Å². The van der Waals surface area contributed by atoms with Gasteiger partial charge in [0.25, 0.3) is 0 Å². The minimum absolute atomic E-state index is 0.0711. The number of aryl methyl sites for hydroxylation is 1. The zero-order valence-electron chi connectivity index (χ0n) is 14.4. The van der Waals surface area contributed by atoms with Gasteiger partial charge in [0, 0.05) is 31.4 Å². The Morgan fingerprint density at radius 3 is 2.80 bits per heavy atom. The third-order valence-corrected chi connectivity index (χ3v) is 5.96. The lowest BCUT2D eigenvalue weighted by Crippen LogP contribution is -2.44. The second-order valence-corrected chi connectivity index (χ2v) is 7.54. The van der Waals surface area contributed by atoms with Crippen molar-refractivity contribution in [3.05, 3.63) is 46.1 Å². The molecule has 0 bridgehead atoms. The van der Waals surface area contributed by atoms with E-state index < -0.39 is 0 Å². The van der Waals surface area contributed by atoms with Crippen LogP contribution in [0.25, 0.3) is 0 Å². The first-order valence-electron chi connectivity index (χ1n) is 9.24. The van der Waals surface area contributed by atoms with Crippen LogP contribution in [0.5, 0.6) is 0 Å². The Labute approximate surface area is 154 Å². The van der Waals surface area contributed by atoms with Crippen LogP contribution in [0.15, 0.2) is 40.0 Å². The van der Waals surface area contributed by atoms with Crippen LogP contribution in [0, 0.1) is 0 Å². The summed E-state index contributed by atoms with van der Waals surface area (Å²) in [7, 11) is 0. The number of rotatable bonds is 3. The number of aliphatic imine (C=N–C) groups is 1. The van der Waals surface area contributed by atoms with Crippen molar-refractivity contribution in [1.82, 2.24) is 10.2 Å². The minimum atomic E-state index is -0.0711. The van der Waals surface area contributed by atoms with Gasteiger partial charge in [0.1, 0.15) is 11.6 Å². The number of ketones is 1. The minimum Gasteiger partial charge on any atom is -0.369 e. The van der Waals surface area contributed by atoms with E-state index in [4.69, 9.17) is 11.6 Å². The van der Waals surface area contributed by atoms with Crippen LogP contribution in [0.1, 0.15) is 42.9 Å². The van der Waals surface area contributed by atoms with Crippen molar-refractivity contribution in [2.45, 2.75) is 44.2 Å². The van der Waals surface area contributed by atoms with Crippen LogP contribution in [0.2, 0.25) is 0 Å². The maximum absolute atomic E-state index is 11.7. The molecule has 1 aromatic rings. The molecule has 1 fully saturated rings. The van der Waals surface area contributed by atoms with E-state index in [2.05, 4.69) is 39.5 Å². The molecule has 1 aromatic carbocycles. The van der Waals surface area contributed by atoms with E-state index >= 15 is 0 Å². The smallest absolute Gasteiger partial charge is 0.197 e. The number of hydrogen-bond donors (Lipinski definition) is 1. The summed E-state index contributed by atoms with van der Waals surface area (Å²) in [5, 5.41) is 4.23. The summed E-state index contributed by atoms with van der Waals surface area (Å²) in [6.07, 6.45) is 7.56. The second-order valence-electron chi connectivity index (χ2n) is 7.16. The molecule has 25 heavy (non-hydrogen) atoms. The van der Waals surface area contributed by atoms with E-state index in [1.807, 2.05) is 0 Å². The Morgan fingerprint density at radius 1 is 1.16 bits per heavy atom. The van der Waals surface area contributed by atoms with Gasteiger partial charge < -0.3 is 10.2 Å². The molecule has 0 saturated carbocycles. The summed E-state index contributed by atoms with van der Waals surface area (Å²) in [5.74, 6) is -0.0711. The van der Waals surface area contributed by atoms with Gasteiger partial charge in [-0.25, -0.2) is 0 Å². The third kappa shape index (κ3) is 3.51. The maximum atomic E-state index is 11.7. The molecule has 4 rings (SSSR count). The normalized spacial score (nSPS) is 24.6. The lowest BCUT2D eigenvalue weighted by Gasteiger charge is -2.38. The van der Waals surface area contributed by atoms with Gasteiger partial charge >= 0.3 is 0 Å². The first-order chi connectivity index (χ1) is 12.2. The highest BCUT2D eigenvalue weighted by Gasteiger charge is 2.28. The molecule has 3 aliphatic rings. The molecular weight excluding hydrogens is 334 g/mol. The first kappa shape index (κ1) is 16.8. The fourth-order valence-electron chi connectivity index (χ4n) is 4.20. The predicted octanol–water partition coefficient (Wildman–Crippen LogP) is 3.22. The van der Waals surface area contributed by atoms with Crippen LogP contribution >= 0.6 is 11.6 Å². The van der Waals surface area contributed by atoms with Crippen LogP contribution in [-0.2, 0) is 11.2 Å². The van der Waals surface area contributed by atoms with Crippen LogP contribution in [0.3, 0.4) is 0 Å². The van der Waals surface area contributed by atoms with Gasteiger partial charge in [-0.2, -0.15) is 0 Å². The predicted molar refractivity (Wildman–Crippen MR) is 101 cm³/mol. The standard InChI is InChI=1S/C20H24ClN3O/c21-20-18(12-22-13-19(20)25)24-10-8-15(9-11-24)23-17-7-3-5-14-4-1-2-6-16(14)17/h1-2,4,6,12,15,17,23H,3,5,7-11,13H2/t17-/m1/s1. The van der Waals surface area contributed by atoms with E-state index in [0.717, 1.165) is 31.6 Å². The van der Waals surface area contributed by atoms with Crippen molar-refractivity contribution < 1.29 is 4.79 Å². The SMILES string of the molecule is O=C1CN=CC(N2CCC(N[C@@H]3CCCc4ccccc43)CC2)=C1Cl. The van der Waals surface area contributed by atoms with Gasteiger partial charge in [0.05, 0.1) is 5.70 Å². The quantitative estimate of drug-likeness (QED) is 0.903. The van der Waals surface area contributed by atoms with Crippen molar-refractivity contribution in [2.75, 3.05) is 19.6 Å². The van der Waals surface area contributed by atoms with E-state index in [-0.39, 0.29) is 12.3 Å². The van der Waals surface area contributed by atoms with Gasteiger partial charge in [-0.15, -0.1) is 0 Å². The Balaban J connectivity index is 1.38. The van der Waals surface area contributed by atoms with Crippen LogP contribution in [0.4, 0.5) is 0 Å². The second kappa shape index (κ2) is 7.30. The number of nitrogens with zero attached hydrogens (tertiary/aromatic N) is 2. The van der Waals surface area contributed by atoms with E-state index in [1.165, 1.54) is 30.4 Å². The Bertz CT molecular complexity index is 719. The average Bonchev–Trinajstić information content (AvgIpc) is 2.65. The fraction of sp³-hybridized carbons (Fsp3) is 0.500. The molecule has 0 unspecified atom stereocenters. The summed E-state index contributed by atoms with van der Waals surface area (Å²) in [6.45, 7) is 2.01. The average molecular weight is 358 g/mol. The van der Waals surface area contributed by atoms with E-state index in [0.29, 0.717) is 17.1 Å². The lowest BCUT2D eigenvalue weighted by atomic mass is 9.87. The van der Waals surface area contributed by atoms with Crippen LogP contribution < -0.4 is 5.32 Å². The summed E-state index contributed by atoms with van der Waals surface area (Å²) >= 11 is 6.20. The zero-order valence-corrected chi connectivity index (χ0v) is 15.1. The number of dihydropyridines is 1. The Morgan fingerprint density at radius 2 is 1.96 bits per heavy atom. The third-order valence-electron chi connectivity index (χ3n) is 5.56. The number of fused-ring (bicyclic) bond motifs is 1. The molecule has 1 N–H and O–H groups in total. The van der Waals surface area contributed by atoms with Crippen molar-refractivity contribution in [2.24, 2.45) is 4.99 Å². The molecular formula is C20H24ClN3O. The molecule has 2 heterocycles. The fourth-order valence-corrected chi connectivity index (χ4v) is 4.43. The molecule has 2 aliphatic heterocycles. The molecule has 1 atom stereocenters. The number of piperidine rings is 1. The number of allylic oxidation sites excluding steroid dienone is 1. The van der Waals surface area contributed by atoms with Crippen molar-refractivity contribution in [3.63, 3.8) is 0 Å². The lowest BCUT2D eigenvalue weighted by molar-refractivity contribution is -0.113. The first-order valence-corrected chi connectivity index (χ1v) is 9.62. The molecule has 0 radical (unpaired) electrons. The number of hydrogen-bond acceptors (Lipinski definition) is 4. The largest absolute Gasteiger partial charge is 0.369 e. The summed E-state index contributed by atoms with van der Waals surface area (Å²) in [5.41, 5.74) is 3.78. The molecule has 0 spiro atoms. The molecule has 132 valence electrons. The maximum Gasteiger partial charge on any atom is 0.197 e. The monoisotopic (exact) mass is 357 g/mol. The number of nitrogens with one attached hydrogen (secondary N) is 1. The van der Waals surface area contributed by atoms with E-state index in [1.54, 1.807) is 6.21 Å². The van der Waals surface area contributed by atoms with Gasteiger partial charge in [-0.1, -0.05) is 35.9 Å². The van der Waals surface area contributed by atoms with Crippen molar-refractivity contribution in [3.8, 4) is 0 Å². The summed E-state index contributed by atoms with van der Waals surface area (Å²) in [4.78, 5) is 18.1. The summed E-state index contributed by atoms with van der Waals surface area (Å²) < 4.78 is 0. The number of benzene rings is 1. The van der Waals surface area contributed by atoms with Gasteiger partial charge in [0.15, 0.2) is 5.78 Å². The number of likely N-dealkylation sites (tertiary alicyclic amines) is 1. The molecule has 4 nitrogen and oxygen atoms in total. The highest BCUT2D eigenvalue weighted by atomic mass is 35.5. The number of halogens is 1. The van der Waals surface area contributed by atoms with Crippen LogP contribution in [-0.4, -0.2) is 42.6 Å². The molecule has 5 heteroatoms. The molecule has 1 saturated heterocycles. The number of carbonyl (C=O) groups is 1. The van der Waals surface area contributed by atoms with Gasteiger partial charge in [0.2, 0.25) is 0 Å². The van der Waals surface area contributed by atoms with Crippen molar-refractivity contribution >= 4 is 23.6 Å². The zero-order chi connectivity index (χ0) is 17.2. The Hall–Kier alpha value is -1.65. The van der Waals surface area contributed by atoms with Crippen molar-refractivity contribution in [1.29, 1.82) is 0 Å². The molecule has 0 amide bonds. The van der Waals surface area contributed by atoms with Gasteiger partial charge in [-0.3, -0.25) is 9.79 Å². The number of carbonyl (C=O) groups excluding carboxylic acids is 1. The molecule has 0 aromatic heterocycles.